The van der Waals surface area contributed by atoms with E-state index in [1.165, 1.54) is 0 Å². The highest BCUT2D eigenvalue weighted by atomic mass is 79.9. The number of benzene rings is 1. The molecule has 1 heterocycles. The minimum atomic E-state index is -0.243. The summed E-state index contributed by atoms with van der Waals surface area (Å²) in [5.41, 5.74) is 8.15. The van der Waals surface area contributed by atoms with Crippen LogP contribution in [-0.4, -0.2) is 4.98 Å². The first-order valence-corrected chi connectivity index (χ1v) is 5.09. The SMILES string of the molecule is Cc1[nH]c2ccc(Br)c(F)c2c1CN. The molecule has 0 radical (unpaired) electrons. The van der Waals surface area contributed by atoms with Gasteiger partial charge < -0.3 is 10.7 Å². The van der Waals surface area contributed by atoms with Crippen LogP contribution in [-0.2, 0) is 6.54 Å². The van der Waals surface area contributed by atoms with Crippen LogP contribution in [0.25, 0.3) is 10.9 Å². The highest BCUT2D eigenvalue weighted by Gasteiger charge is 2.13. The maximum Gasteiger partial charge on any atom is 0.147 e. The van der Waals surface area contributed by atoms with Gasteiger partial charge in [-0.3, -0.25) is 0 Å². The standard InChI is InChI=1S/C10H10BrFN2/c1-5-6(4-13)9-8(14-5)3-2-7(11)10(9)12/h2-3,14H,4,13H2,1H3. The highest BCUT2D eigenvalue weighted by molar-refractivity contribution is 9.10. The Labute approximate surface area is 89.4 Å². The predicted octanol–water partition coefficient (Wildman–Crippen LogP) is 2.84. The lowest BCUT2D eigenvalue weighted by atomic mass is 10.1. The van der Waals surface area contributed by atoms with Crippen LogP contribution in [0.4, 0.5) is 4.39 Å². The molecule has 2 aromatic rings. The molecule has 0 bridgehead atoms. The number of halogens is 2. The Morgan fingerprint density at radius 3 is 2.86 bits per heavy atom. The number of hydrogen-bond donors (Lipinski definition) is 2. The zero-order valence-corrected chi connectivity index (χ0v) is 9.28. The third-order valence-corrected chi connectivity index (χ3v) is 2.99. The zero-order chi connectivity index (χ0) is 10.3. The first-order chi connectivity index (χ1) is 6.65. The van der Waals surface area contributed by atoms with Crippen molar-refractivity contribution in [3.8, 4) is 0 Å². The number of nitrogens with two attached hydrogens (primary N) is 1. The Bertz CT molecular complexity index is 490. The lowest BCUT2D eigenvalue weighted by Gasteiger charge is -1.99. The van der Waals surface area contributed by atoms with E-state index < -0.39 is 0 Å². The summed E-state index contributed by atoms with van der Waals surface area (Å²) in [5.74, 6) is -0.243. The summed E-state index contributed by atoms with van der Waals surface area (Å²) in [6.45, 7) is 2.24. The van der Waals surface area contributed by atoms with Gasteiger partial charge in [0, 0.05) is 23.1 Å². The summed E-state index contributed by atoms with van der Waals surface area (Å²) in [6, 6.07) is 3.53. The third kappa shape index (κ3) is 1.26. The van der Waals surface area contributed by atoms with Crippen LogP contribution in [0.15, 0.2) is 16.6 Å². The number of aryl methyl sites for hydroxylation is 1. The fraction of sp³-hybridized carbons (Fsp3) is 0.200. The van der Waals surface area contributed by atoms with E-state index in [-0.39, 0.29) is 5.82 Å². The maximum atomic E-state index is 13.7. The molecule has 4 heteroatoms. The third-order valence-electron chi connectivity index (χ3n) is 2.38. The summed E-state index contributed by atoms with van der Waals surface area (Å²) in [6.07, 6.45) is 0. The number of rotatable bonds is 1. The number of aromatic amines is 1. The quantitative estimate of drug-likeness (QED) is 0.810. The molecule has 0 saturated heterocycles. The van der Waals surface area contributed by atoms with Crippen molar-refractivity contribution in [3.63, 3.8) is 0 Å². The van der Waals surface area contributed by atoms with E-state index in [0.29, 0.717) is 16.4 Å². The average Bonchev–Trinajstić information content (AvgIpc) is 2.48. The Kier molecular flexibility index (Phi) is 2.33. The monoisotopic (exact) mass is 256 g/mol. The van der Waals surface area contributed by atoms with Gasteiger partial charge in [-0.05, 0) is 40.5 Å². The molecule has 0 aliphatic heterocycles. The second kappa shape index (κ2) is 3.37. The Hall–Kier alpha value is -0.870. The largest absolute Gasteiger partial charge is 0.358 e. The molecule has 1 aromatic carbocycles. The van der Waals surface area contributed by atoms with E-state index in [4.69, 9.17) is 5.73 Å². The van der Waals surface area contributed by atoms with E-state index in [0.717, 1.165) is 16.8 Å². The van der Waals surface area contributed by atoms with Crippen LogP contribution in [0.5, 0.6) is 0 Å². The highest BCUT2D eigenvalue weighted by Crippen LogP contribution is 2.29. The number of nitrogens with one attached hydrogen (secondary N) is 1. The molecule has 0 aliphatic carbocycles. The Balaban J connectivity index is 2.90. The molecule has 0 amide bonds. The number of hydrogen-bond acceptors (Lipinski definition) is 1. The number of aromatic nitrogens is 1. The fourth-order valence-corrected chi connectivity index (χ4v) is 2.00. The molecule has 2 rings (SSSR count). The van der Waals surface area contributed by atoms with Gasteiger partial charge in [0.15, 0.2) is 0 Å². The first kappa shape index (κ1) is 9.68. The van der Waals surface area contributed by atoms with Gasteiger partial charge in [0.25, 0.3) is 0 Å². The van der Waals surface area contributed by atoms with Crippen LogP contribution < -0.4 is 5.73 Å². The van der Waals surface area contributed by atoms with Crippen molar-refractivity contribution in [1.82, 2.24) is 4.98 Å². The molecule has 3 N–H and O–H groups in total. The van der Waals surface area contributed by atoms with Gasteiger partial charge in [-0.1, -0.05) is 0 Å². The molecule has 0 atom stereocenters. The molecule has 0 aliphatic rings. The maximum absolute atomic E-state index is 13.7. The molecule has 0 saturated carbocycles. The summed E-state index contributed by atoms with van der Waals surface area (Å²) in [5, 5.41) is 0.597. The van der Waals surface area contributed by atoms with E-state index in [9.17, 15) is 4.39 Å². The number of fused-ring (bicyclic) bond motifs is 1. The van der Waals surface area contributed by atoms with E-state index in [1.807, 2.05) is 13.0 Å². The van der Waals surface area contributed by atoms with E-state index in [1.54, 1.807) is 6.07 Å². The summed E-state index contributed by atoms with van der Waals surface area (Å²) >= 11 is 3.16. The Morgan fingerprint density at radius 2 is 2.21 bits per heavy atom. The van der Waals surface area contributed by atoms with Gasteiger partial charge in [0.1, 0.15) is 5.82 Å². The molecule has 2 nitrogen and oxygen atoms in total. The molecule has 74 valence electrons. The van der Waals surface area contributed by atoms with Crippen LogP contribution in [0.3, 0.4) is 0 Å². The fourth-order valence-electron chi connectivity index (χ4n) is 1.67. The van der Waals surface area contributed by atoms with Crippen LogP contribution in [0.2, 0.25) is 0 Å². The average molecular weight is 257 g/mol. The smallest absolute Gasteiger partial charge is 0.147 e. The second-order valence-corrected chi connectivity index (χ2v) is 4.07. The van der Waals surface area contributed by atoms with Crippen LogP contribution in [0.1, 0.15) is 11.3 Å². The molecule has 1 aromatic heterocycles. The molecule has 14 heavy (non-hydrogen) atoms. The molecule has 0 unspecified atom stereocenters. The second-order valence-electron chi connectivity index (χ2n) is 3.22. The summed E-state index contributed by atoms with van der Waals surface area (Å²) in [4.78, 5) is 3.11. The summed E-state index contributed by atoms with van der Waals surface area (Å²) < 4.78 is 14.2. The number of H-pyrrole nitrogens is 1. The van der Waals surface area contributed by atoms with Crippen molar-refractivity contribution in [1.29, 1.82) is 0 Å². The van der Waals surface area contributed by atoms with Crippen molar-refractivity contribution in [2.45, 2.75) is 13.5 Å². The van der Waals surface area contributed by atoms with Gasteiger partial charge in [-0.2, -0.15) is 0 Å². The van der Waals surface area contributed by atoms with Crippen molar-refractivity contribution in [3.05, 3.63) is 33.7 Å². The Morgan fingerprint density at radius 1 is 1.50 bits per heavy atom. The molecular formula is C10H10BrFN2. The molecule has 0 fully saturated rings. The van der Waals surface area contributed by atoms with E-state index >= 15 is 0 Å². The van der Waals surface area contributed by atoms with Crippen molar-refractivity contribution < 1.29 is 4.39 Å². The lowest BCUT2D eigenvalue weighted by Crippen LogP contribution is -1.97. The molecule has 0 spiro atoms. The molecular weight excluding hydrogens is 247 g/mol. The normalized spacial score (nSPS) is 11.1. The van der Waals surface area contributed by atoms with Gasteiger partial charge in [0.2, 0.25) is 0 Å². The zero-order valence-electron chi connectivity index (χ0n) is 7.70. The van der Waals surface area contributed by atoms with Crippen molar-refractivity contribution in [2.24, 2.45) is 5.73 Å². The summed E-state index contributed by atoms with van der Waals surface area (Å²) in [7, 11) is 0. The van der Waals surface area contributed by atoms with Gasteiger partial charge in [-0.25, -0.2) is 4.39 Å². The van der Waals surface area contributed by atoms with Crippen LogP contribution >= 0.6 is 15.9 Å². The van der Waals surface area contributed by atoms with Crippen LogP contribution in [0, 0.1) is 12.7 Å². The van der Waals surface area contributed by atoms with Crippen molar-refractivity contribution in [2.75, 3.05) is 0 Å². The van der Waals surface area contributed by atoms with Crippen molar-refractivity contribution >= 4 is 26.8 Å². The topological polar surface area (TPSA) is 41.8 Å². The van der Waals surface area contributed by atoms with Gasteiger partial charge >= 0.3 is 0 Å². The predicted molar refractivity (Wildman–Crippen MR) is 58.6 cm³/mol. The van der Waals surface area contributed by atoms with Gasteiger partial charge in [-0.15, -0.1) is 0 Å². The minimum absolute atomic E-state index is 0.243. The van der Waals surface area contributed by atoms with E-state index in [2.05, 4.69) is 20.9 Å². The lowest BCUT2D eigenvalue weighted by molar-refractivity contribution is 0.632. The first-order valence-electron chi connectivity index (χ1n) is 4.30. The van der Waals surface area contributed by atoms with Gasteiger partial charge in [0.05, 0.1) is 4.47 Å². The minimum Gasteiger partial charge on any atom is -0.358 e.